The summed E-state index contributed by atoms with van der Waals surface area (Å²) in [5, 5.41) is 9.54. The van der Waals surface area contributed by atoms with Gasteiger partial charge in [-0.2, -0.15) is 0 Å². The second kappa shape index (κ2) is 6.53. The van der Waals surface area contributed by atoms with Crippen molar-refractivity contribution >= 4 is 0 Å². The van der Waals surface area contributed by atoms with E-state index >= 15 is 0 Å². The van der Waals surface area contributed by atoms with Crippen LogP contribution in [0.15, 0.2) is 30.3 Å². The molecular weight excluding hydrogens is 234 g/mol. The van der Waals surface area contributed by atoms with E-state index in [1.165, 1.54) is 24.8 Å². The van der Waals surface area contributed by atoms with Gasteiger partial charge in [0.15, 0.2) is 0 Å². The first-order valence-electron chi connectivity index (χ1n) is 7.66. The van der Waals surface area contributed by atoms with Crippen LogP contribution in [-0.4, -0.2) is 17.8 Å². The molecular formula is C17H27NO. The number of benzene rings is 1. The number of nitrogens with two attached hydrogens (primary N) is 1. The molecule has 0 radical (unpaired) electrons. The summed E-state index contributed by atoms with van der Waals surface area (Å²) in [6, 6.07) is 10.9. The third kappa shape index (κ3) is 2.85. The Morgan fingerprint density at radius 2 is 2.05 bits per heavy atom. The summed E-state index contributed by atoms with van der Waals surface area (Å²) in [4.78, 5) is 0. The van der Waals surface area contributed by atoms with Crippen LogP contribution in [-0.2, 0) is 0 Å². The molecule has 1 saturated carbocycles. The van der Waals surface area contributed by atoms with Gasteiger partial charge in [-0.05, 0) is 42.6 Å². The highest BCUT2D eigenvalue weighted by Gasteiger charge is 2.44. The molecule has 2 nitrogen and oxygen atoms in total. The first kappa shape index (κ1) is 14.5. The van der Waals surface area contributed by atoms with Crippen LogP contribution in [0.4, 0.5) is 0 Å². The van der Waals surface area contributed by atoms with Gasteiger partial charge in [0, 0.05) is 12.6 Å². The molecule has 0 heterocycles. The molecule has 3 unspecified atom stereocenters. The summed E-state index contributed by atoms with van der Waals surface area (Å²) in [6.07, 6.45) is 6.71. The highest BCUT2D eigenvalue weighted by Crippen LogP contribution is 2.51. The molecule has 2 heteroatoms. The molecule has 0 saturated heterocycles. The van der Waals surface area contributed by atoms with Gasteiger partial charge in [0.2, 0.25) is 0 Å². The molecule has 0 bridgehead atoms. The molecule has 3 atom stereocenters. The van der Waals surface area contributed by atoms with Crippen molar-refractivity contribution in [2.24, 2.45) is 11.1 Å². The molecule has 1 aliphatic carbocycles. The second-order valence-corrected chi connectivity index (χ2v) is 5.93. The van der Waals surface area contributed by atoms with Crippen molar-refractivity contribution in [3.8, 4) is 0 Å². The lowest BCUT2D eigenvalue weighted by molar-refractivity contribution is 0.0702. The quantitative estimate of drug-likeness (QED) is 0.852. The van der Waals surface area contributed by atoms with Gasteiger partial charge < -0.3 is 10.8 Å². The number of hydrogen-bond acceptors (Lipinski definition) is 2. The van der Waals surface area contributed by atoms with Crippen molar-refractivity contribution in [2.75, 3.05) is 6.61 Å². The predicted octanol–water partition coefficient (Wildman–Crippen LogP) is 3.45. The van der Waals surface area contributed by atoms with Crippen LogP contribution < -0.4 is 5.73 Å². The minimum absolute atomic E-state index is 0.0864. The van der Waals surface area contributed by atoms with Crippen molar-refractivity contribution in [3.05, 3.63) is 35.9 Å². The first-order valence-corrected chi connectivity index (χ1v) is 7.66. The average molecular weight is 261 g/mol. The van der Waals surface area contributed by atoms with E-state index in [-0.39, 0.29) is 18.1 Å². The lowest BCUT2D eigenvalue weighted by Gasteiger charge is -2.48. The average Bonchev–Trinajstić information content (AvgIpc) is 2.48. The standard InChI is InChI=1S/C17H27NO/c1-2-16(18)17(12-13-19)11-7-6-10-15(17)14-8-4-3-5-9-14/h3-5,8-9,15-16,19H,2,6-7,10-13,18H2,1H3. The molecule has 0 spiro atoms. The van der Waals surface area contributed by atoms with E-state index in [0.717, 1.165) is 19.3 Å². The van der Waals surface area contributed by atoms with Crippen LogP contribution in [0.25, 0.3) is 0 Å². The molecule has 1 fully saturated rings. The Morgan fingerprint density at radius 1 is 1.32 bits per heavy atom. The van der Waals surface area contributed by atoms with Gasteiger partial charge in [-0.25, -0.2) is 0 Å². The fraction of sp³-hybridized carbons (Fsp3) is 0.647. The minimum Gasteiger partial charge on any atom is -0.396 e. The Morgan fingerprint density at radius 3 is 2.68 bits per heavy atom. The van der Waals surface area contributed by atoms with Gasteiger partial charge >= 0.3 is 0 Å². The molecule has 1 aliphatic rings. The number of aliphatic hydroxyl groups excluding tert-OH is 1. The Bertz CT molecular complexity index is 374. The summed E-state index contributed by atoms with van der Waals surface area (Å²) in [7, 11) is 0. The summed E-state index contributed by atoms with van der Waals surface area (Å²) in [5.41, 5.74) is 7.97. The van der Waals surface area contributed by atoms with E-state index in [1.54, 1.807) is 0 Å². The fourth-order valence-corrected chi connectivity index (χ4v) is 3.99. The lowest BCUT2D eigenvalue weighted by Crippen LogP contribution is -2.48. The highest BCUT2D eigenvalue weighted by molar-refractivity contribution is 5.24. The summed E-state index contributed by atoms with van der Waals surface area (Å²) >= 11 is 0. The van der Waals surface area contributed by atoms with Crippen molar-refractivity contribution in [2.45, 2.75) is 57.4 Å². The monoisotopic (exact) mass is 261 g/mol. The Balaban J connectivity index is 2.36. The first-order chi connectivity index (χ1) is 9.24. The lowest BCUT2D eigenvalue weighted by atomic mass is 9.58. The maximum atomic E-state index is 9.54. The molecule has 2 rings (SSSR count). The van der Waals surface area contributed by atoms with Crippen LogP contribution in [0.3, 0.4) is 0 Å². The zero-order valence-electron chi connectivity index (χ0n) is 12.0. The smallest absolute Gasteiger partial charge is 0.0437 e. The summed E-state index contributed by atoms with van der Waals surface area (Å²) in [6.45, 7) is 2.41. The molecule has 19 heavy (non-hydrogen) atoms. The van der Waals surface area contributed by atoms with Crippen molar-refractivity contribution in [3.63, 3.8) is 0 Å². The summed E-state index contributed by atoms with van der Waals surface area (Å²) in [5.74, 6) is 0.504. The molecule has 0 aliphatic heterocycles. The van der Waals surface area contributed by atoms with Gasteiger partial charge in [0.1, 0.15) is 0 Å². The molecule has 1 aromatic carbocycles. The predicted molar refractivity (Wildman–Crippen MR) is 80.1 cm³/mol. The van der Waals surface area contributed by atoms with Gasteiger partial charge in [0.05, 0.1) is 0 Å². The molecule has 106 valence electrons. The normalized spacial score (nSPS) is 29.1. The van der Waals surface area contributed by atoms with Gasteiger partial charge in [-0.15, -0.1) is 0 Å². The molecule has 0 amide bonds. The Hall–Kier alpha value is -0.860. The van der Waals surface area contributed by atoms with Crippen LogP contribution in [0.5, 0.6) is 0 Å². The Labute approximate surface area is 117 Å². The molecule has 3 N–H and O–H groups in total. The van der Waals surface area contributed by atoms with E-state index in [4.69, 9.17) is 5.73 Å². The second-order valence-electron chi connectivity index (χ2n) is 5.93. The number of aliphatic hydroxyl groups is 1. The zero-order chi connectivity index (χ0) is 13.7. The van der Waals surface area contributed by atoms with Gasteiger partial charge in [-0.3, -0.25) is 0 Å². The third-order valence-electron chi connectivity index (χ3n) is 5.04. The maximum absolute atomic E-state index is 9.54. The van der Waals surface area contributed by atoms with Crippen LogP contribution in [0.1, 0.15) is 56.9 Å². The topological polar surface area (TPSA) is 46.2 Å². The van der Waals surface area contributed by atoms with Crippen LogP contribution in [0, 0.1) is 5.41 Å². The Kier molecular flexibility index (Phi) is 5.00. The van der Waals surface area contributed by atoms with E-state index in [9.17, 15) is 5.11 Å². The van der Waals surface area contributed by atoms with Crippen LogP contribution >= 0.6 is 0 Å². The van der Waals surface area contributed by atoms with E-state index in [2.05, 4.69) is 37.3 Å². The van der Waals surface area contributed by atoms with Crippen molar-refractivity contribution < 1.29 is 5.11 Å². The minimum atomic E-state index is 0.0864. The number of rotatable bonds is 5. The molecule has 1 aromatic rings. The maximum Gasteiger partial charge on any atom is 0.0437 e. The largest absolute Gasteiger partial charge is 0.396 e. The number of hydrogen-bond donors (Lipinski definition) is 2. The fourth-order valence-electron chi connectivity index (χ4n) is 3.99. The molecule has 0 aromatic heterocycles. The SMILES string of the molecule is CCC(N)C1(CCO)CCCCC1c1ccccc1. The van der Waals surface area contributed by atoms with Gasteiger partial charge in [-0.1, -0.05) is 50.1 Å². The highest BCUT2D eigenvalue weighted by atomic mass is 16.3. The van der Waals surface area contributed by atoms with Gasteiger partial charge in [0.25, 0.3) is 0 Å². The third-order valence-corrected chi connectivity index (χ3v) is 5.04. The van der Waals surface area contributed by atoms with E-state index < -0.39 is 0 Å². The zero-order valence-corrected chi connectivity index (χ0v) is 12.0. The van der Waals surface area contributed by atoms with Crippen molar-refractivity contribution in [1.29, 1.82) is 0 Å². The van der Waals surface area contributed by atoms with E-state index in [0.29, 0.717) is 5.92 Å². The van der Waals surface area contributed by atoms with E-state index in [1.807, 2.05) is 0 Å². The van der Waals surface area contributed by atoms with Crippen LogP contribution in [0.2, 0.25) is 0 Å². The summed E-state index contributed by atoms with van der Waals surface area (Å²) < 4.78 is 0. The van der Waals surface area contributed by atoms with Crippen molar-refractivity contribution in [1.82, 2.24) is 0 Å².